The first-order chi connectivity index (χ1) is 17.3. The van der Waals surface area contributed by atoms with E-state index in [1.165, 1.54) is 55.3 Å². The van der Waals surface area contributed by atoms with Crippen molar-refractivity contribution in [2.24, 2.45) is 0 Å². The summed E-state index contributed by atoms with van der Waals surface area (Å²) in [5.41, 5.74) is 16.5. The van der Waals surface area contributed by atoms with E-state index in [1.54, 1.807) is 0 Å². The van der Waals surface area contributed by atoms with Crippen LogP contribution in [0.15, 0.2) is 91.1 Å². The maximum absolute atomic E-state index is 5.10. The second-order valence-corrected chi connectivity index (χ2v) is 9.83. The van der Waals surface area contributed by atoms with E-state index in [-0.39, 0.29) is 0 Å². The fraction of sp³-hybridized carbons (Fsp3) is 0.0625. The quantitative estimate of drug-likeness (QED) is 0.229. The Labute approximate surface area is 201 Å². The molecular formula is C32H19N3. The predicted molar refractivity (Wildman–Crippen MR) is 142 cm³/mol. The third-order valence-electron chi connectivity index (χ3n) is 8.03. The van der Waals surface area contributed by atoms with E-state index >= 15 is 0 Å². The molecule has 2 aliphatic rings. The van der Waals surface area contributed by atoms with Gasteiger partial charge in [-0.05, 0) is 93.7 Å². The normalized spacial score (nSPS) is 13.5. The number of fused-ring (bicyclic) bond motifs is 15. The van der Waals surface area contributed by atoms with Crippen LogP contribution >= 0.6 is 0 Å². The van der Waals surface area contributed by atoms with Crippen LogP contribution in [-0.4, -0.2) is 14.4 Å². The van der Waals surface area contributed by atoms with Crippen LogP contribution in [0.2, 0.25) is 0 Å². The summed E-state index contributed by atoms with van der Waals surface area (Å²) in [6.07, 6.45) is 3.89. The van der Waals surface area contributed by atoms with Crippen LogP contribution in [0.1, 0.15) is 22.3 Å². The van der Waals surface area contributed by atoms with Gasteiger partial charge in [0.25, 0.3) is 0 Å². The number of pyridine rings is 2. The molecule has 0 saturated carbocycles. The molecule has 0 bridgehead atoms. The summed E-state index contributed by atoms with van der Waals surface area (Å²) in [7, 11) is 0. The van der Waals surface area contributed by atoms with E-state index in [0.717, 1.165) is 40.6 Å². The number of rotatable bonds is 0. The molecule has 3 heteroatoms. The van der Waals surface area contributed by atoms with Gasteiger partial charge < -0.3 is 0 Å². The van der Waals surface area contributed by atoms with Gasteiger partial charge >= 0.3 is 0 Å². The summed E-state index contributed by atoms with van der Waals surface area (Å²) in [5.74, 6) is 0. The molecule has 3 nitrogen and oxygen atoms in total. The zero-order valence-corrected chi connectivity index (χ0v) is 18.9. The minimum atomic E-state index is 0.964. The molecule has 162 valence electrons. The second kappa shape index (κ2) is 6.13. The van der Waals surface area contributed by atoms with Crippen LogP contribution < -0.4 is 0 Å². The van der Waals surface area contributed by atoms with Crippen LogP contribution in [0.25, 0.3) is 60.7 Å². The predicted octanol–water partition coefficient (Wildman–Crippen LogP) is 7.33. The number of aromatic nitrogens is 3. The fourth-order valence-electron chi connectivity index (χ4n) is 6.57. The Kier molecular flexibility index (Phi) is 3.14. The molecule has 0 N–H and O–H groups in total. The zero-order valence-electron chi connectivity index (χ0n) is 18.9. The van der Waals surface area contributed by atoms with E-state index in [1.807, 2.05) is 12.3 Å². The van der Waals surface area contributed by atoms with Crippen molar-refractivity contribution >= 4 is 38.5 Å². The summed E-state index contributed by atoms with van der Waals surface area (Å²) in [6.45, 7) is 0. The van der Waals surface area contributed by atoms with Gasteiger partial charge in [-0.2, -0.15) is 0 Å². The number of nitrogens with zero attached hydrogens (tertiary/aromatic N) is 3. The molecule has 0 spiro atoms. The largest absolute Gasteiger partial charge is 0.290 e. The third-order valence-corrected chi connectivity index (χ3v) is 8.03. The van der Waals surface area contributed by atoms with Crippen molar-refractivity contribution in [3.8, 4) is 22.3 Å². The van der Waals surface area contributed by atoms with Gasteiger partial charge in [-0.15, -0.1) is 0 Å². The summed E-state index contributed by atoms with van der Waals surface area (Å²) in [6, 6.07) is 30.9. The highest BCUT2D eigenvalue weighted by Crippen LogP contribution is 2.48. The van der Waals surface area contributed by atoms with Crippen molar-refractivity contribution in [3.63, 3.8) is 0 Å². The molecule has 0 radical (unpaired) electrons. The van der Waals surface area contributed by atoms with Crippen molar-refractivity contribution in [1.29, 1.82) is 0 Å². The number of benzene rings is 4. The monoisotopic (exact) mass is 445 g/mol. The lowest BCUT2D eigenvalue weighted by atomic mass is 9.94. The van der Waals surface area contributed by atoms with E-state index < -0.39 is 0 Å². The molecule has 4 aromatic carbocycles. The van der Waals surface area contributed by atoms with Crippen LogP contribution in [0.4, 0.5) is 0 Å². The summed E-state index contributed by atoms with van der Waals surface area (Å²) in [4.78, 5) is 10.0. The molecule has 2 aliphatic carbocycles. The summed E-state index contributed by atoms with van der Waals surface area (Å²) >= 11 is 0. The molecule has 9 rings (SSSR count). The molecule has 0 unspecified atom stereocenters. The van der Waals surface area contributed by atoms with Crippen LogP contribution in [0.3, 0.4) is 0 Å². The maximum Gasteiger partial charge on any atom is 0.146 e. The van der Waals surface area contributed by atoms with Crippen LogP contribution in [0, 0.1) is 0 Å². The molecule has 0 amide bonds. The van der Waals surface area contributed by atoms with Gasteiger partial charge in [0.05, 0.1) is 22.1 Å². The van der Waals surface area contributed by atoms with E-state index in [2.05, 4.69) is 83.3 Å². The van der Waals surface area contributed by atoms with Gasteiger partial charge in [-0.25, -0.2) is 4.98 Å². The van der Waals surface area contributed by atoms with Crippen LogP contribution in [0.5, 0.6) is 0 Å². The van der Waals surface area contributed by atoms with Crippen molar-refractivity contribution in [2.75, 3.05) is 0 Å². The van der Waals surface area contributed by atoms with E-state index in [0.29, 0.717) is 0 Å². The topological polar surface area (TPSA) is 30.2 Å². The highest BCUT2D eigenvalue weighted by Gasteiger charge is 2.28. The Morgan fingerprint density at radius 3 is 2.43 bits per heavy atom. The van der Waals surface area contributed by atoms with Gasteiger partial charge in [0.2, 0.25) is 0 Å². The first-order valence-corrected chi connectivity index (χ1v) is 12.2. The molecule has 3 heterocycles. The molecule has 0 atom stereocenters. The number of imidazole rings is 1. The lowest BCUT2D eigenvalue weighted by Gasteiger charge is -2.13. The SMILES string of the molecule is c1ccc2c(c1)Cc1cc3c(cc1-2)Cc1ccc2c(c1-3)c1ncccc1n1c3ccccc3nc21. The lowest BCUT2D eigenvalue weighted by molar-refractivity contribution is 1.24. The highest BCUT2D eigenvalue weighted by molar-refractivity contribution is 6.19. The van der Waals surface area contributed by atoms with Gasteiger partial charge in [-0.1, -0.05) is 48.5 Å². The molecule has 3 aromatic heterocycles. The molecule has 35 heavy (non-hydrogen) atoms. The molecule has 0 saturated heterocycles. The Hall–Kier alpha value is -4.50. The van der Waals surface area contributed by atoms with Gasteiger partial charge in [0.1, 0.15) is 5.65 Å². The summed E-state index contributed by atoms with van der Waals surface area (Å²) in [5, 5.41) is 2.40. The number of hydrogen-bond acceptors (Lipinski definition) is 2. The Morgan fingerprint density at radius 1 is 0.629 bits per heavy atom. The van der Waals surface area contributed by atoms with Gasteiger partial charge in [0.15, 0.2) is 0 Å². The average Bonchev–Trinajstić information content (AvgIpc) is 3.58. The van der Waals surface area contributed by atoms with Gasteiger partial charge in [-0.3, -0.25) is 9.38 Å². The lowest BCUT2D eigenvalue weighted by Crippen LogP contribution is -1.95. The minimum absolute atomic E-state index is 0.964. The van der Waals surface area contributed by atoms with Crippen molar-refractivity contribution < 1.29 is 0 Å². The Morgan fingerprint density at radius 2 is 1.43 bits per heavy atom. The molecule has 0 aliphatic heterocycles. The first-order valence-electron chi connectivity index (χ1n) is 12.2. The smallest absolute Gasteiger partial charge is 0.146 e. The minimum Gasteiger partial charge on any atom is -0.290 e. The molecule has 7 aromatic rings. The second-order valence-electron chi connectivity index (χ2n) is 9.83. The summed E-state index contributed by atoms with van der Waals surface area (Å²) < 4.78 is 2.28. The van der Waals surface area contributed by atoms with Crippen molar-refractivity contribution in [1.82, 2.24) is 14.4 Å². The Balaban J connectivity index is 1.43. The fourth-order valence-corrected chi connectivity index (χ4v) is 6.57. The Bertz CT molecular complexity index is 2060. The molecule has 0 fully saturated rings. The zero-order chi connectivity index (χ0) is 22.7. The van der Waals surface area contributed by atoms with E-state index in [4.69, 9.17) is 9.97 Å². The van der Waals surface area contributed by atoms with E-state index in [9.17, 15) is 0 Å². The first kappa shape index (κ1) is 17.9. The van der Waals surface area contributed by atoms with Gasteiger partial charge in [0, 0.05) is 17.0 Å². The van der Waals surface area contributed by atoms with Crippen LogP contribution in [-0.2, 0) is 12.8 Å². The molecular weight excluding hydrogens is 426 g/mol. The highest BCUT2D eigenvalue weighted by atomic mass is 15.0. The average molecular weight is 446 g/mol. The standard InChI is InChI=1S/C32H19N3/c1-2-7-22-18(6-1)14-20-17-25-21(16-24(20)22)15-19-11-12-23-30(29(19)25)31-28(10-5-13-33-31)35-27-9-4-3-8-26(27)34-32(23)35/h1-13,16-17H,14-15H2. The number of hydrogen-bond donors (Lipinski definition) is 0. The maximum atomic E-state index is 5.10. The number of para-hydroxylation sites is 2. The van der Waals surface area contributed by atoms with Crippen molar-refractivity contribution in [3.05, 3.63) is 113 Å². The van der Waals surface area contributed by atoms with Crippen molar-refractivity contribution in [2.45, 2.75) is 12.8 Å². The third kappa shape index (κ3) is 2.17.